The Labute approximate surface area is 164 Å². The Morgan fingerprint density at radius 2 is 1.82 bits per heavy atom. The highest BCUT2D eigenvalue weighted by atomic mass is 16.3. The highest BCUT2D eigenvalue weighted by Crippen LogP contribution is 2.25. The van der Waals surface area contributed by atoms with Crippen molar-refractivity contribution in [2.45, 2.75) is 45.3 Å². The highest BCUT2D eigenvalue weighted by Gasteiger charge is 2.36. The van der Waals surface area contributed by atoms with Gasteiger partial charge in [0.05, 0.1) is 12.8 Å². The quantitative estimate of drug-likeness (QED) is 0.843. The zero-order chi connectivity index (χ0) is 20.3. The molecule has 0 unspecified atom stereocenters. The van der Waals surface area contributed by atoms with E-state index in [4.69, 9.17) is 4.42 Å². The van der Waals surface area contributed by atoms with Gasteiger partial charge in [0, 0.05) is 18.5 Å². The molecule has 1 aliphatic rings. The van der Waals surface area contributed by atoms with Gasteiger partial charge in [-0.15, -0.1) is 0 Å². The number of fused-ring (bicyclic) bond motifs is 1. The van der Waals surface area contributed by atoms with E-state index in [1.54, 1.807) is 12.1 Å². The lowest BCUT2D eigenvalue weighted by Gasteiger charge is -2.35. The van der Waals surface area contributed by atoms with Gasteiger partial charge < -0.3 is 20.0 Å². The monoisotopic (exact) mass is 383 g/mol. The van der Waals surface area contributed by atoms with Gasteiger partial charge in [0.1, 0.15) is 6.04 Å². The van der Waals surface area contributed by atoms with E-state index < -0.39 is 6.04 Å². The molecule has 1 aromatic carbocycles. The number of benzene rings is 1. The maximum Gasteiger partial charge on any atom is 0.290 e. The second kappa shape index (κ2) is 7.88. The first-order valence-corrected chi connectivity index (χ1v) is 9.24. The molecule has 0 aliphatic carbocycles. The third-order valence-electron chi connectivity index (χ3n) is 4.48. The predicted octanol–water partition coefficient (Wildman–Crippen LogP) is 1.88. The van der Waals surface area contributed by atoms with Crippen LogP contribution in [0.25, 0.3) is 0 Å². The zero-order valence-corrected chi connectivity index (χ0v) is 16.3. The number of carbonyl (C=O) groups excluding carboxylic acids is 3. The van der Waals surface area contributed by atoms with Crippen LogP contribution in [0.5, 0.6) is 0 Å². The van der Waals surface area contributed by atoms with Gasteiger partial charge in [0.15, 0.2) is 5.76 Å². The normalized spacial score (nSPS) is 16.2. The minimum absolute atomic E-state index is 0.142. The molecule has 28 heavy (non-hydrogen) atoms. The van der Waals surface area contributed by atoms with Crippen molar-refractivity contribution in [2.75, 3.05) is 6.54 Å². The number of hydrogen-bond donors (Lipinski definition) is 2. The molecule has 0 bridgehead atoms. The van der Waals surface area contributed by atoms with Gasteiger partial charge in [0.25, 0.3) is 5.91 Å². The van der Waals surface area contributed by atoms with Crippen LogP contribution in [0.2, 0.25) is 0 Å². The molecule has 0 saturated heterocycles. The summed E-state index contributed by atoms with van der Waals surface area (Å²) in [5, 5.41) is 5.46. The van der Waals surface area contributed by atoms with Crippen molar-refractivity contribution in [2.24, 2.45) is 0 Å². The number of carbonyl (C=O) groups is 3. The number of rotatable bonds is 4. The molecule has 148 valence electrons. The molecule has 2 aromatic rings. The molecule has 3 amide bonds. The molecule has 1 aliphatic heterocycles. The fourth-order valence-corrected chi connectivity index (χ4v) is 3.26. The smallest absolute Gasteiger partial charge is 0.290 e. The average Bonchev–Trinajstić information content (AvgIpc) is 3.18. The highest BCUT2D eigenvalue weighted by molar-refractivity contribution is 5.96. The maximum atomic E-state index is 12.9. The van der Waals surface area contributed by atoms with E-state index in [0.717, 1.165) is 11.1 Å². The molecule has 0 spiro atoms. The largest absolute Gasteiger partial charge is 0.459 e. The van der Waals surface area contributed by atoms with Crippen LogP contribution in [-0.2, 0) is 22.6 Å². The summed E-state index contributed by atoms with van der Waals surface area (Å²) in [6, 6.07) is 10.2. The van der Waals surface area contributed by atoms with Crippen LogP contribution < -0.4 is 10.6 Å². The molecule has 0 radical (unpaired) electrons. The molecule has 0 fully saturated rings. The summed E-state index contributed by atoms with van der Waals surface area (Å²) in [5.74, 6) is -0.805. The van der Waals surface area contributed by atoms with E-state index >= 15 is 0 Å². The predicted molar refractivity (Wildman–Crippen MR) is 103 cm³/mol. The lowest BCUT2D eigenvalue weighted by molar-refractivity contribution is -0.129. The van der Waals surface area contributed by atoms with Crippen LogP contribution >= 0.6 is 0 Å². The molecule has 1 aromatic heterocycles. The molecular weight excluding hydrogens is 358 g/mol. The molecule has 7 nitrogen and oxygen atoms in total. The van der Waals surface area contributed by atoms with Gasteiger partial charge >= 0.3 is 0 Å². The van der Waals surface area contributed by atoms with Crippen LogP contribution in [-0.4, -0.2) is 40.7 Å². The number of nitrogens with zero attached hydrogens (tertiary/aromatic N) is 1. The first-order chi connectivity index (χ1) is 13.2. The van der Waals surface area contributed by atoms with Crippen molar-refractivity contribution in [3.8, 4) is 0 Å². The standard InChI is InChI=1S/C21H25N3O4/c1-21(2,3)23-18(25)12-22-19(26)16-11-14-7-4-5-8-15(14)13-24(16)20(27)17-9-6-10-28-17/h4-10,16H,11-13H2,1-3H3,(H,22,26)(H,23,25)/t16-/m1/s1. The fraction of sp³-hybridized carbons (Fsp3) is 0.381. The van der Waals surface area contributed by atoms with Crippen LogP contribution in [0.3, 0.4) is 0 Å². The Kier molecular flexibility index (Phi) is 5.53. The second-order valence-corrected chi connectivity index (χ2v) is 7.91. The summed E-state index contributed by atoms with van der Waals surface area (Å²) in [6.07, 6.45) is 1.81. The van der Waals surface area contributed by atoms with Gasteiger partial charge in [-0.1, -0.05) is 24.3 Å². The van der Waals surface area contributed by atoms with Crippen molar-refractivity contribution in [3.63, 3.8) is 0 Å². The van der Waals surface area contributed by atoms with Crippen molar-refractivity contribution < 1.29 is 18.8 Å². The Morgan fingerprint density at radius 1 is 1.11 bits per heavy atom. The summed E-state index contributed by atoms with van der Waals surface area (Å²) in [4.78, 5) is 39.3. The SMILES string of the molecule is CC(C)(C)NC(=O)CNC(=O)[C@H]1Cc2ccccc2CN1C(=O)c1ccco1. The molecular formula is C21H25N3O4. The van der Waals surface area contributed by atoms with Gasteiger partial charge in [-0.05, 0) is 44.0 Å². The molecule has 0 saturated carbocycles. The number of nitrogens with one attached hydrogen (secondary N) is 2. The van der Waals surface area contributed by atoms with Gasteiger partial charge in [-0.3, -0.25) is 14.4 Å². The van der Waals surface area contributed by atoms with Crippen LogP contribution in [0.4, 0.5) is 0 Å². The molecule has 7 heteroatoms. The van der Waals surface area contributed by atoms with Crippen LogP contribution in [0.15, 0.2) is 47.1 Å². The van der Waals surface area contributed by atoms with Crippen LogP contribution in [0, 0.1) is 0 Å². The Hall–Kier alpha value is -3.09. The second-order valence-electron chi connectivity index (χ2n) is 7.91. The first-order valence-electron chi connectivity index (χ1n) is 9.24. The molecule has 1 atom stereocenters. The Morgan fingerprint density at radius 3 is 2.46 bits per heavy atom. The third kappa shape index (κ3) is 4.60. The van der Waals surface area contributed by atoms with Crippen molar-refractivity contribution in [1.82, 2.24) is 15.5 Å². The van der Waals surface area contributed by atoms with Gasteiger partial charge in [-0.25, -0.2) is 0 Å². The number of amides is 3. The Bertz CT molecular complexity index is 868. The minimum atomic E-state index is -0.713. The summed E-state index contributed by atoms with van der Waals surface area (Å²) in [7, 11) is 0. The van der Waals surface area contributed by atoms with E-state index in [2.05, 4.69) is 10.6 Å². The summed E-state index contributed by atoms with van der Waals surface area (Å²) < 4.78 is 5.23. The van der Waals surface area contributed by atoms with E-state index in [0.29, 0.717) is 13.0 Å². The summed E-state index contributed by atoms with van der Waals surface area (Å²) in [5.41, 5.74) is 1.63. The molecule has 2 N–H and O–H groups in total. The van der Waals surface area contributed by atoms with Gasteiger partial charge in [-0.2, -0.15) is 0 Å². The van der Waals surface area contributed by atoms with Crippen LogP contribution in [0.1, 0.15) is 42.5 Å². The molecule has 2 heterocycles. The lowest BCUT2D eigenvalue weighted by Crippen LogP contribution is -2.54. The zero-order valence-electron chi connectivity index (χ0n) is 16.3. The van der Waals surface area contributed by atoms with E-state index in [-0.39, 0.29) is 35.6 Å². The minimum Gasteiger partial charge on any atom is -0.459 e. The third-order valence-corrected chi connectivity index (χ3v) is 4.48. The molecule has 3 rings (SSSR count). The lowest BCUT2D eigenvalue weighted by atomic mass is 9.93. The van der Waals surface area contributed by atoms with E-state index in [9.17, 15) is 14.4 Å². The summed E-state index contributed by atoms with van der Waals surface area (Å²) >= 11 is 0. The van der Waals surface area contributed by atoms with Crippen molar-refractivity contribution in [1.29, 1.82) is 0 Å². The average molecular weight is 383 g/mol. The van der Waals surface area contributed by atoms with E-state index in [1.165, 1.54) is 11.2 Å². The Balaban J connectivity index is 1.76. The number of hydrogen-bond acceptors (Lipinski definition) is 4. The van der Waals surface area contributed by atoms with Crippen molar-refractivity contribution >= 4 is 17.7 Å². The van der Waals surface area contributed by atoms with Crippen molar-refractivity contribution in [3.05, 3.63) is 59.5 Å². The fourth-order valence-electron chi connectivity index (χ4n) is 3.26. The van der Waals surface area contributed by atoms with Gasteiger partial charge in [0.2, 0.25) is 11.8 Å². The summed E-state index contributed by atoms with van der Waals surface area (Å²) in [6.45, 7) is 5.77. The van der Waals surface area contributed by atoms with E-state index in [1.807, 2.05) is 45.0 Å². The number of furan rings is 1. The maximum absolute atomic E-state index is 12.9. The topological polar surface area (TPSA) is 91.7 Å². The first kappa shape index (κ1) is 19.7.